The van der Waals surface area contributed by atoms with Gasteiger partial charge in [0.2, 0.25) is 0 Å². The number of aliphatic hydroxyl groups excluding tert-OH is 1. The van der Waals surface area contributed by atoms with E-state index in [0.29, 0.717) is 30.2 Å². The van der Waals surface area contributed by atoms with Crippen LogP contribution in [-0.4, -0.2) is 59.1 Å². The number of amides is 1. The van der Waals surface area contributed by atoms with Gasteiger partial charge in [0.1, 0.15) is 0 Å². The standard InChI is InChI=1S/C31H45N3O3S/c1-7-16-38(6,37)34(5)29-19-25(18-27-24(8-2)14-15-26(27)29)31(36)33-28(17-23-12-10-9-11-13-23)30(35)21-32-20-22(3)4/h9-14,18-19,22,28,30,32,35H,6-8,15-17,20-21H2,1-5H3,(H,33,36). The second-order valence-electron chi connectivity index (χ2n) is 10.7. The van der Waals surface area contributed by atoms with Crippen LogP contribution in [0.3, 0.4) is 0 Å². The monoisotopic (exact) mass is 539 g/mol. The van der Waals surface area contributed by atoms with Gasteiger partial charge in [-0.25, -0.2) is 4.21 Å². The van der Waals surface area contributed by atoms with Crippen molar-refractivity contribution in [3.63, 3.8) is 0 Å². The van der Waals surface area contributed by atoms with Crippen LogP contribution in [0, 0.1) is 5.92 Å². The second-order valence-corrected chi connectivity index (χ2v) is 13.2. The van der Waals surface area contributed by atoms with E-state index in [4.69, 9.17) is 0 Å². The van der Waals surface area contributed by atoms with Crippen LogP contribution >= 0.6 is 0 Å². The van der Waals surface area contributed by atoms with Crippen LogP contribution in [0.5, 0.6) is 0 Å². The first-order valence-electron chi connectivity index (χ1n) is 13.8. The fraction of sp³-hybridized carbons (Fsp3) is 0.484. The molecule has 208 valence electrons. The molecule has 0 fully saturated rings. The maximum absolute atomic E-state index is 13.7. The van der Waals surface area contributed by atoms with E-state index >= 15 is 0 Å². The van der Waals surface area contributed by atoms with E-state index < -0.39 is 21.9 Å². The van der Waals surface area contributed by atoms with E-state index in [0.717, 1.165) is 48.2 Å². The molecule has 7 heteroatoms. The molecule has 0 saturated heterocycles. The van der Waals surface area contributed by atoms with E-state index in [1.54, 1.807) is 4.31 Å². The minimum absolute atomic E-state index is 0.250. The van der Waals surface area contributed by atoms with Crippen molar-refractivity contribution in [1.82, 2.24) is 10.6 Å². The zero-order chi connectivity index (χ0) is 27.9. The smallest absolute Gasteiger partial charge is 0.251 e. The summed E-state index contributed by atoms with van der Waals surface area (Å²) < 4.78 is 15.2. The molecule has 0 heterocycles. The number of fused-ring (bicyclic) bond motifs is 1. The third kappa shape index (κ3) is 7.49. The van der Waals surface area contributed by atoms with E-state index in [1.807, 2.05) is 56.4 Å². The van der Waals surface area contributed by atoms with Crippen LogP contribution < -0.4 is 14.9 Å². The molecule has 0 saturated carbocycles. The van der Waals surface area contributed by atoms with Gasteiger partial charge in [0.05, 0.1) is 17.8 Å². The molecule has 3 atom stereocenters. The highest BCUT2D eigenvalue weighted by Crippen LogP contribution is 2.38. The number of anilines is 1. The molecular formula is C31H45N3O3S. The SMILES string of the molecule is C=S(=O)(CCC)N(C)c1cc(C(=O)NC(Cc2ccccc2)C(O)CNCC(C)C)cc2c1CC=C2CC. The van der Waals surface area contributed by atoms with Crippen molar-refractivity contribution < 1.29 is 14.1 Å². The Morgan fingerprint density at radius 3 is 2.50 bits per heavy atom. The summed E-state index contributed by atoms with van der Waals surface area (Å²) in [6.45, 7) is 9.52. The van der Waals surface area contributed by atoms with Gasteiger partial charge >= 0.3 is 0 Å². The molecule has 6 nitrogen and oxygen atoms in total. The highest BCUT2D eigenvalue weighted by atomic mass is 32.2. The van der Waals surface area contributed by atoms with Gasteiger partial charge in [-0.05, 0) is 78.4 Å². The molecule has 1 amide bonds. The lowest BCUT2D eigenvalue weighted by molar-refractivity contribution is 0.0829. The first kappa shape index (κ1) is 29.9. The Balaban J connectivity index is 1.93. The fourth-order valence-corrected chi connectivity index (χ4v) is 6.37. The first-order chi connectivity index (χ1) is 18.1. The predicted molar refractivity (Wildman–Crippen MR) is 162 cm³/mol. The number of rotatable bonds is 14. The average Bonchev–Trinajstić information content (AvgIpc) is 3.30. The van der Waals surface area contributed by atoms with Gasteiger partial charge in [-0.2, -0.15) is 0 Å². The van der Waals surface area contributed by atoms with Crippen molar-refractivity contribution in [2.24, 2.45) is 5.92 Å². The lowest BCUT2D eigenvalue weighted by atomic mass is 9.97. The molecule has 2 aromatic rings. The number of carbonyl (C=O) groups excluding carboxylic acids is 1. The Hall–Kier alpha value is -2.61. The lowest BCUT2D eigenvalue weighted by Gasteiger charge is -2.28. The predicted octanol–water partition coefficient (Wildman–Crippen LogP) is 4.46. The van der Waals surface area contributed by atoms with E-state index in [2.05, 4.69) is 43.4 Å². The van der Waals surface area contributed by atoms with Gasteiger partial charge in [0, 0.05) is 34.6 Å². The van der Waals surface area contributed by atoms with Crippen LogP contribution in [0.25, 0.3) is 5.57 Å². The van der Waals surface area contributed by atoms with Crippen LogP contribution in [0.4, 0.5) is 5.69 Å². The Morgan fingerprint density at radius 2 is 1.87 bits per heavy atom. The molecule has 0 spiro atoms. The minimum atomic E-state index is -2.52. The van der Waals surface area contributed by atoms with Crippen molar-refractivity contribution in [2.45, 2.75) is 65.5 Å². The van der Waals surface area contributed by atoms with Crippen molar-refractivity contribution in [2.75, 3.05) is 30.2 Å². The number of carbonyl (C=O) groups is 1. The number of allylic oxidation sites excluding steroid dienone is 2. The summed E-state index contributed by atoms with van der Waals surface area (Å²) in [4.78, 5) is 13.7. The molecule has 3 unspecified atom stereocenters. The van der Waals surface area contributed by atoms with Gasteiger partial charge < -0.3 is 20.0 Å². The number of nitrogens with one attached hydrogen (secondary N) is 2. The molecule has 0 aliphatic heterocycles. The van der Waals surface area contributed by atoms with Gasteiger partial charge in [-0.1, -0.05) is 64.1 Å². The van der Waals surface area contributed by atoms with Gasteiger partial charge in [-0.15, -0.1) is 0 Å². The number of benzene rings is 2. The third-order valence-electron chi connectivity index (χ3n) is 7.11. The van der Waals surface area contributed by atoms with E-state index in [-0.39, 0.29) is 5.91 Å². The largest absolute Gasteiger partial charge is 0.390 e. The molecule has 2 aromatic carbocycles. The normalized spacial score (nSPS) is 15.9. The summed E-state index contributed by atoms with van der Waals surface area (Å²) in [6, 6.07) is 13.2. The van der Waals surface area contributed by atoms with Crippen LogP contribution in [0.2, 0.25) is 0 Å². The Kier molecular flexibility index (Phi) is 10.6. The van der Waals surface area contributed by atoms with Crippen molar-refractivity contribution in [1.29, 1.82) is 0 Å². The van der Waals surface area contributed by atoms with E-state index in [9.17, 15) is 14.1 Å². The Labute approximate surface area is 229 Å². The lowest BCUT2D eigenvalue weighted by Crippen LogP contribution is -2.49. The summed E-state index contributed by atoms with van der Waals surface area (Å²) >= 11 is 0. The molecule has 3 N–H and O–H groups in total. The molecule has 0 bridgehead atoms. The maximum Gasteiger partial charge on any atom is 0.251 e. The highest BCUT2D eigenvalue weighted by molar-refractivity contribution is 8.01. The summed E-state index contributed by atoms with van der Waals surface area (Å²) in [5.41, 5.74) is 5.65. The van der Waals surface area contributed by atoms with Gasteiger partial charge in [-0.3, -0.25) is 4.79 Å². The van der Waals surface area contributed by atoms with Gasteiger partial charge in [0.15, 0.2) is 0 Å². The Bertz CT molecular complexity index is 1220. The Morgan fingerprint density at radius 1 is 1.16 bits per heavy atom. The van der Waals surface area contributed by atoms with E-state index in [1.165, 1.54) is 5.57 Å². The zero-order valence-electron chi connectivity index (χ0n) is 23.6. The summed E-state index contributed by atoms with van der Waals surface area (Å²) in [5, 5.41) is 17.5. The maximum atomic E-state index is 13.7. The molecule has 3 rings (SSSR count). The van der Waals surface area contributed by atoms with Crippen LogP contribution in [0.15, 0.2) is 48.5 Å². The molecular weight excluding hydrogens is 494 g/mol. The topological polar surface area (TPSA) is 81.7 Å². The molecule has 0 aromatic heterocycles. The second kappa shape index (κ2) is 13.5. The number of hydrogen-bond acceptors (Lipinski definition) is 4. The molecule has 38 heavy (non-hydrogen) atoms. The number of nitrogens with zero attached hydrogens (tertiary/aromatic N) is 1. The highest BCUT2D eigenvalue weighted by Gasteiger charge is 2.27. The fourth-order valence-electron chi connectivity index (χ4n) is 4.94. The van der Waals surface area contributed by atoms with Crippen molar-refractivity contribution in [3.05, 3.63) is 70.8 Å². The summed E-state index contributed by atoms with van der Waals surface area (Å²) in [5.74, 6) is 4.73. The quantitative estimate of drug-likeness (QED) is 0.310. The molecule has 0 radical (unpaired) electrons. The van der Waals surface area contributed by atoms with Crippen LogP contribution in [-0.2, 0) is 22.5 Å². The third-order valence-corrected chi connectivity index (χ3v) is 9.36. The average molecular weight is 540 g/mol. The molecule has 1 aliphatic carbocycles. The number of aliphatic hydroxyl groups is 1. The van der Waals surface area contributed by atoms with Gasteiger partial charge in [0.25, 0.3) is 5.91 Å². The van der Waals surface area contributed by atoms with Crippen molar-refractivity contribution >= 4 is 32.7 Å². The zero-order valence-corrected chi connectivity index (χ0v) is 24.4. The summed E-state index contributed by atoms with van der Waals surface area (Å²) in [6.07, 6.45) is 4.31. The van der Waals surface area contributed by atoms with Crippen molar-refractivity contribution in [3.8, 4) is 0 Å². The number of hydrogen-bond donors (Lipinski definition) is 3. The molecule has 1 aliphatic rings. The summed E-state index contributed by atoms with van der Waals surface area (Å²) in [7, 11) is -0.702. The van der Waals surface area contributed by atoms with Crippen LogP contribution in [0.1, 0.15) is 67.6 Å². The minimum Gasteiger partial charge on any atom is -0.390 e. The first-order valence-corrected chi connectivity index (χ1v) is 15.6.